The molecule has 0 aliphatic carbocycles. The third-order valence-corrected chi connectivity index (χ3v) is 6.86. The second-order valence-electron chi connectivity index (χ2n) is 6.79. The zero-order valence-electron chi connectivity index (χ0n) is 17.9. The molecule has 0 spiro atoms. The lowest BCUT2D eigenvalue weighted by Crippen LogP contribution is -2.30. The number of rotatable bonds is 9. The Morgan fingerprint density at radius 2 is 1.74 bits per heavy atom. The van der Waals surface area contributed by atoms with Crippen molar-refractivity contribution in [1.29, 1.82) is 0 Å². The van der Waals surface area contributed by atoms with Crippen LogP contribution < -0.4 is 10.1 Å². The normalized spacial score (nSPS) is 11.3. The lowest BCUT2D eigenvalue weighted by molar-refractivity contribution is -0.130. The van der Waals surface area contributed by atoms with Gasteiger partial charge in [-0.25, -0.2) is 8.42 Å². The first-order chi connectivity index (χ1) is 14.6. The average Bonchev–Trinajstić information content (AvgIpc) is 2.74. The van der Waals surface area contributed by atoms with Crippen LogP contribution in [0.2, 0.25) is 5.02 Å². The number of hydrogen-bond donors (Lipinski definition) is 1. The summed E-state index contributed by atoms with van der Waals surface area (Å²) in [5, 5.41) is 2.84. The van der Waals surface area contributed by atoms with Gasteiger partial charge in [-0.05, 0) is 36.4 Å². The fourth-order valence-corrected chi connectivity index (χ4v) is 4.32. The number of ether oxygens (including phenoxy) is 1. The van der Waals surface area contributed by atoms with Gasteiger partial charge in [-0.1, -0.05) is 31.5 Å². The summed E-state index contributed by atoms with van der Waals surface area (Å²) in [6.07, 6.45) is 0. The van der Waals surface area contributed by atoms with Gasteiger partial charge < -0.3 is 15.0 Å². The Labute approximate surface area is 187 Å². The van der Waals surface area contributed by atoms with Crippen molar-refractivity contribution in [2.75, 3.05) is 39.1 Å². The van der Waals surface area contributed by atoms with Gasteiger partial charge in [0.25, 0.3) is 11.8 Å². The predicted octanol–water partition coefficient (Wildman–Crippen LogP) is 3.09. The van der Waals surface area contributed by atoms with Crippen molar-refractivity contribution in [3.8, 4) is 5.75 Å². The van der Waals surface area contributed by atoms with Crippen molar-refractivity contribution in [1.82, 2.24) is 9.21 Å². The first-order valence-corrected chi connectivity index (χ1v) is 11.5. The van der Waals surface area contributed by atoms with Gasteiger partial charge in [-0.15, -0.1) is 0 Å². The molecular weight excluding hydrogens is 442 g/mol. The summed E-state index contributed by atoms with van der Waals surface area (Å²) >= 11 is 6.18. The number of carbonyl (C=O) groups is 2. The molecule has 0 radical (unpaired) electrons. The predicted molar refractivity (Wildman–Crippen MR) is 120 cm³/mol. The van der Waals surface area contributed by atoms with E-state index >= 15 is 0 Å². The van der Waals surface area contributed by atoms with E-state index in [2.05, 4.69) is 5.32 Å². The zero-order valence-corrected chi connectivity index (χ0v) is 19.5. The number of nitrogens with zero attached hydrogens (tertiary/aromatic N) is 2. The molecule has 0 atom stereocenters. The number of halogens is 1. The lowest BCUT2D eigenvalue weighted by atomic mass is 10.2. The third kappa shape index (κ3) is 6.19. The summed E-state index contributed by atoms with van der Waals surface area (Å²) in [5.41, 5.74) is 0.442. The van der Waals surface area contributed by atoms with Crippen LogP contribution in [0, 0.1) is 0 Å². The van der Waals surface area contributed by atoms with Crippen molar-refractivity contribution in [3.05, 3.63) is 53.1 Å². The van der Waals surface area contributed by atoms with Gasteiger partial charge in [0.15, 0.2) is 6.61 Å². The molecule has 0 heterocycles. The molecule has 0 saturated carbocycles. The summed E-state index contributed by atoms with van der Waals surface area (Å²) in [6, 6.07) is 10.5. The number of nitrogens with one attached hydrogen (secondary N) is 1. The second kappa shape index (κ2) is 10.6. The van der Waals surface area contributed by atoms with Crippen molar-refractivity contribution in [2.24, 2.45) is 0 Å². The molecule has 0 aliphatic rings. The molecule has 2 aromatic carbocycles. The highest BCUT2D eigenvalue weighted by Gasteiger charge is 2.23. The molecule has 0 saturated heterocycles. The van der Waals surface area contributed by atoms with E-state index in [4.69, 9.17) is 16.3 Å². The van der Waals surface area contributed by atoms with Gasteiger partial charge in [0.05, 0.1) is 15.6 Å². The quantitative estimate of drug-likeness (QED) is 0.611. The van der Waals surface area contributed by atoms with E-state index in [0.717, 1.165) is 0 Å². The molecule has 0 bridgehead atoms. The number of sulfonamides is 1. The van der Waals surface area contributed by atoms with E-state index in [-0.39, 0.29) is 33.7 Å². The number of benzene rings is 2. The summed E-state index contributed by atoms with van der Waals surface area (Å²) in [4.78, 5) is 25.8. The standard InChI is InChI=1S/C21H26ClN3O5S/c1-5-25(6-2)31(28,29)17-10-11-18(22)19(13-17)23-21(27)15-8-7-9-16(12-15)30-14-20(26)24(3)4/h7-13H,5-6,14H2,1-4H3,(H,23,27). The Hall–Kier alpha value is -2.62. The average molecular weight is 468 g/mol. The molecule has 0 unspecified atom stereocenters. The summed E-state index contributed by atoms with van der Waals surface area (Å²) < 4.78 is 32.3. The Bertz CT molecular complexity index is 1050. The molecule has 0 fully saturated rings. The van der Waals surface area contributed by atoms with Crippen LogP contribution in [-0.4, -0.2) is 63.2 Å². The Morgan fingerprint density at radius 1 is 1.06 bits per heavy atom. The van der Waals surface area contributed by atoms with Gasteiger partial charge in [-0.3, -0.25) is 9.59 Å². The Morgan fingerprint density at radius 3 is 2.35 bits per heavy atom. The van der Waals surface area contributed by atoms with E-state index in [1.54, 1.807) is 46.1 Å². The molecule has 0 aromatic heterocycles. The number of carbonyl (C=O) groups excluding carboxylic acids is 2. The van der Waals surface area contributed by atoms with Crippen molar-refractivity contribution in [2.45, 2.75) is 18.7 Å². The molecule has 2 aromatic rings. The maximum absolute atomic E-state index is 12.8. The molecule has 31 heavy (non-hydrogen) atoms. The maximum Gasteiger partial charge on any atom is 0.259 e. The highest BCUT2D eigenvalue weighted by Crippen LogP contribution is 2.27. The SMILES string of the molecule is CCN(CC)S(=O)(=O)c1ccc(Cl)c(NC(=O)c2cccc(OCC(=O)N(C)C)c2)c1. The van der Waals surface area contributed by atoms with Gasteiger partial charge in [-0.2, -0.15) is 4.31 Å². The minimum absolute atomic E-state index is 0.0372. The van der Waals surface area contributed by atoms with Gasteiger partial charge in [0.1, 0.15) is 5.75 Å². The largest absolute Gasteiger partial charge is 0.484 e. The molecule has 1 N–H and O–H groups in total. The molecular formula is C21H26ClN3O5S. The summed E-state index contributed by atoms with van der Waals surface area (Å²) in [6.45, 7) is 4.00. The third-order valence-electron chi connectivity index (χ3n) is 4.49. The molecule has 2 rings (SSSR count). The van der Waals surface area contributed by atoms with E-state index in [0.29, 0.717) is 18.8 Å². The van der Waals surface area contributed by atoms with E-state index < -0.39 is 15.9 Å². The van der Waals surface area contributed by atoms with Crippen LogP contribution in [0.15, 0.2) is 47.4 Å². The number of likely N-dealkylation sites (N-methyl/N-ethyl adjacent to an activating group) is 1. The molecule has 0 aliphatic heterocycles. The van der Waals surface area contributed by atoms with Crippen LogP contribution in [0.5, 0.6) is 5.75 Å². The molecule has 168 valence electrons. The van der Waals surface area contributed by atoms with Crippen LogP contribution in [-0.2, 0) is 14.8 Å². The number of anilines is 1. The van der Waals surface area contributed by atoms with Crippen LogP contribution in [0.3, 0.4) is 0 Å². The van der Waals surface area contributed by atoms with Gasteiger partial charge >= 0.3 is 0 Å². The first-order valence-electron chi connectivity index (χ1n) is 9.64. The van der Waals surface area contributed by atoms with Crippen molar-refractivity contribution < 1.29 is 22.7 Å². The van der Waals surface area contributed by atoms with Crippen LogP contribution in [0.4, 0.5) is 5.69 Å². The van der Waals surface area contributed by atoms with E-state index in [1.165, 1.54) is 33.5 Å². The topological polar surface area (TPSA) is 96.0 Å². The highest BCUT2D eigenvalue weighted by atomic mass is 35.5. The van der Waals surface area contributed by atoms with E-state index in [1.807, 2.05) is 0 Å². The zero-order chi connectivity index (χ0) is 23.2. The van der Waals surface area contributed by atoms with Crippen LogP contribution in [0.25, 0.3) is 0 Å². The minimum atomic E-state index is -3.70. The fourth-order valence-electron chi connectivity index (χ4n) is 2.67. The molecule has 2 amide bonds. The van der Waals surface area contributed by atoms with Crippen LogP contribution >= 0.6 is 11.6 Å². The molecule has 8 nitrogen and oxygen atoms in total. The van der Waals surface area contributed by atoms with Gasteiger partial charge in [0, 0.05) is 32.7 Å². The van der Waals surface area contributed by atoms with Crippen LogP contribution in [0.1, 0.15) is 24.2 Å². The number of hydrogen-bond acceptors (Lipinski definition) is 5. The van der Waals surface area contributed by atoms with E-state index in [9.17, 15) is 18.0 Å². The van der Waals surface area contributed by atoms with Crippen molar-refractivity contribution >= 4 is 39.1 Å². The maximum atomic E-state index is 12.8. The summed E-state index contributed by atoms with van der Waals surface area (Å²) in [7, 11) is -0.465. The fraction of sp³-hybridized carbons (Fsp3) is 0.333. The summed E-state index contributed by atoms with van der Waals surface area (Å²) in [5.74, 6) is -0.358. The Kier molecular flexibility index (Phi) is 8.43. The monoisotopic (exact) mass is 467 g/mol. The minimum Gasteiger partial charge on any atom is -0.484 e. The molecule has 10 heteroatoms. The second-order valence-corrected chi connectivity index (χ2v) is 9.13. The first kappa shape index (κ1) is 24.6. The van der Waals surface area contributed by atoms with Crippen molar-refractivity contribution in [3.63, 3.8) is 0 Å². The highest BCUT2D eigenvalue weighted by molar-refractivity contribution is 7.89. The Balaban J connectivity index is 2.22. The number of amides is 2. The lowest BCUT2D eigenvalue weighted by Gasteiger charge is -2.19. The smallest absolute Gasteiger partial charge is 0.259 e. The van der Waals surface area contributed by atoms with Gasteiger partial charge in [0.2, 0.25) is 10.0 Å².